The Balaban J connectivity index is 2.54. The number of nitrogens with zero attached hydrogens (tertiary/aromatic N) is 1. The van der Waals surface area contributed by atoms with Crippen molar-refractivity contribution in [2.45, 2.75) is 12.1 Å². The first-order chi connectivity index (χ1) is 9.04. The molecule has 0 saturated carbocycles. The third-order valence-corrected chi connectivity index (χ3v) is 2.89. The van der Waals surface area contributed by atoms with E-state index in [9.17, 15) is 13.2 Å². The van der Waals surface area contributed by atoms with Crippen molar-refractivity contribution in [2.24, 2.45) is 0 Å². The molecule has 1 nitrogen and oxygen atoms in total. The van der Waals surface area contributed by atoms with Gasteiger partial charge >= 0.3 is 6.18 Å². The van der Waals surface area contributed by atoms with Gasteiger partial charge in [0, 0.05) is 18.3 Å². The van der Waals surface area contributed by atoms with Crippen LogP contribution < -0.4 is 0 Å². The molecule has 0 aliphatic carbocycles. The van der Waals surface area contributed by atoms with E-state index in [-0.39, 0.29) is 5.56 Å². The second-order valence-electron chi connectivity index (χ2n) is 4.08. The van der Waals surface area contributed by atoms with E-state index in [4.69, 9.17) is 0 Å². The van der Waals surface area contributed by atoms with Crippen molar-refractivity contribution in [3.8, 4) is 0 Å². The smallest absolute Gasteiger partial charge is 0.264 e. The molecule has 1 atom stereocenters. The van der Waals surface area contributed by atoms with Crippen LogP contribution in [0.3, 0.4) is 0 Å². The highest BCUT2D eigenvalue weighted by Gasteiger charge is 2.34. The number of hydrogen-bond donors (Lipinski definition) is 0. The summed E-state index contributed by atoms with van der Waals surface area (Å²) in [4.78, 5) is 3.81. The standard InChI is InChI=1S/C15H12F3N/c1-2-12(11-6-4-3-5-7-11)13-10-19-9-8-14(13)15(16,17)18/h2-10,12H,1H2. The van der Waals surface area contributed by atoms with E-state index < -0.39 is 17.7 Å². The topological polar surface area (TPSA) is 12.9 Å². The first kappa shape index (κ1) is 13.3. The lowest BCUT2D eigenvalue weighted by molar-refractivity contribution is -0.138. The molecule has 0 bridgehead atoms. The first-order valence-electron chi connectivity index (χ1n) is 5.72. The molecule has 0 aliphatic heterocycles. The molecule has 1 aromatic carbocycles. The van der Waals surface area contributed by atoms with Gasteiger partial charge in [0.05, 0.1) is 5.56 Å². The van der Waals surface area contributed by atoms with E-state index in [1.807, 2.05) is 6.07 Å². The van der Waals surface area contributed by atoms with Crippen molar-refractivity contribution in [1.29, 1.82) is 0 Å². The number of alkyl halides is 3. The van der Waals surface area contributed by atoms with Crippen molar-refractivity contribution in [1.82, 2.24) is 4.98 Å². The predicted octanol–water partition coefficient (Wildman–Crippen LogP) is 4.42. The number of aromatic nitrogens is 1. The number of pyridine rings is 1. The minimum Gasteiger partial charge on any atom is -0.264 e. The van der Waals surface area contributed by atoms with Crippen molar-refractivity contribution < 1.29 is 13.2 Å². The molecule has 1 heterocycles. The van der Waals surface area contributed by atoms with E-state index in [2.05, 4.69) is 11.6 Å². The summed E-state index contributed by atoms with van der Waals surface area (Å²) < 4.78 is 39.0. The maximum atomic E-state index is 13.0. The normalized spacial score (nSPS) is 13.0. The average Bonchev–Trinajstić information content (AvgIpc) is 2.40. The van der Waals surface area contributed by atoms with Gasteiger partial charge in [-0.2, -0.15) is 13.2 Å². The Kier molecular flexibility index (Phi) is 3.69. The van der Waals surface area contributed by atoms with Crippen LogP contribution in [0, 0.1) is 0 Å². The van der Waals surface area contributed by atoms with Gasteiger partial charge in [-0.05, 0) is 17.2 Å². The van der Waals surface area contributed by atoms with Gasteiger partial charge in [-0.15, -0.1) is 6.58 Å². The summed E-state index contributed by atoms with van der Waals surface area (Å²) in [5.74, 6) is -0.522. The Morgan fingerprint density at radius 1 is 1.11 bits per heavy atom. The Labute approximate surface area is 109 Å². The van der Waals surface area contributed by atoms with Crippen LogP contribution in [0.1, 0.15) is 22.6 Å². The zero-order chi connectivity index (χ0) is 13.9. The zero-order valence-electron chi connectivity index (χ0n) is 10.1. The summed E-state index contributed by atoms with van der Waals surface area (Å²) in [6.45, 7) is 3.64. The Bertz CT molecular complexity index is 561. The van der Waals surface area contributed by atoms with Crippen LogP contribution >= 0.6 is 0 Å². The Morgan fingerprint density at radius 3 is 2.37 bits per heavy atom. The predicted molar refractivity (Wildman–Crippen MR) is 67.7 cm³/mol. The van der Waals surface area contributed by atoms with E-state index in [1.54, 1.807) is 24.3 Å². The van der Waals surface area contributed by atoms with Gasteiger partial charge in [0.25, 0.3) is 0 Å². The van der Waals surface area contributed by atoms with Crippen molar-refractivity contribution in [3.05, 3.63) is 78.1 Å². The SMILES string of the molecule is C=CC(c1ccccc1)c1cnccc1C(F)(F)F. The Morgan fingerprint density at radius 2 is 1.79 bits per heavy atom. The van der Waals surface area contributed by atoms with Gasteiger partial charge in [-0.25, -0.2) is 0 Å². The maximum Gasteiger partial charge on any atom is 0.416 e. The van der Waals surface area contributed by atoms with Crippen LogP contribution in [0.4, 0.5) is 13.2 Å². The third-order valence-electron chi connectivity index (χ3n) is 2.89. The number of allylic oxidation sites excluding steroid dienone is 1. The molecule has 0 radical (unpaired) electrons. The van der Waals surface area contributed by atoms with Crippen LogP contribution in [0.25, 0.3) is 0 Å². The lowest BCUT2D eigenvalue weighted by atomic mass is 9.89. The molecule has 0 fully saturated rings. The number of benzene rings is 1. The van der Waals surface area contributed by atoms with Crippen molar-refractivity contribution in [2.75, 3.05) is 0 Å². The van der Waals surface area contributed by atoms with Crippen molar-refractivity contribution >= 4 is 0 Å². The van der Waals surface area contributed by atoms with Gasteiger partial charge in [0.1, 0.15) is 0 Å². The first-order valence-corrected chi connectivity index (χ1v) is 5.72. The largest absolute Gasteiger partial charge is 0.416 e. The number of hydrogen-bond acceptors (Lipinski definition) is 1. The molecule has 0 aliphatic rings. The molecule has 1 aromatic heterocycles. The van der Waals surface area contributed by atoms with Crippen LogP contribution in [0.15, 0.2) is 61.4 Å². The van der Waals surface area contributed by atoms with Crippen LogP contribution in [0.2, 0.25) is 0 Å². The maximum absolute atomic E-state index is 13.0. The van der Waals surface area contributed by atoms with E-state index in [1.165, 1.54) is 12.3 Å². The highest BCUT2D eigenvalue weighted by atomic mass is 19.4. The monoisotopic (exact) mass is 263 g/mol. The van der Waals surface area contributed by atoms with Gasteiger partial charge in [0.15, 0.2) is 0 Å². The van der Waals surface area contributed by atoms with Crippen molar-refractivity contribution in [3.63, 3.8) is 0 Å². The van der Waals surface area contributed by atoms with Gasteiger partial charge in [0.2, 0.25) is 0 Å². The number of rotatable bonds is 3. The molecular weight excluding hydrogens is 251 g/mol. The fourth-order valence-corrected chi connectivity index (χ4v) is 2.02. The van der Waals surface area contributed by atoms with Gasteiger partial charge in [-0.1, -0.05) is 36.4 Å². The van der Waals surface area contributed by atoms with E-state index in [0.717, 1.165) is 17.8 Å². The van der Waals surface area contributed by atoms with E-state index >= 15 is 0 Å². The second kappa shape index (κ2) is 5.26. The Hall–Kier alpha value is -2.10. The molecule has 2 aromatic rings. The summed E-state index contributed by atoms with van der Waals surface area (Å²) in [6, 6.07) is 9.94. The quantitative estimate of drug-likeness (QED) is 0.747. The van der Waals surface area contributed by atoms with Crippen LogP contribution in [-0.4, -0.2) is 4.98 Å². The van der Waals surface area contributed by atoms with Gasteiger partial charge in [-0.3, -0.25) is 4.98 Å². The fourth-order valence-electron chi connectivity index (χ4n) is 2.02. The van der Waals surface area contributed by atoms with E-state index in [0.29, 0.717) is 0 Å². The minimum atomic E-state index is -4.39. The van der Waals surface area contributed by atoms with Gasteiger partial charge < -0.3 is 0 Å². The molecule has 0 spiro atoms. The van der Waals surface area contributed by atoms with Crippen LogP contribution in [-0.2, 0) is 6.18 Å². The lowest BCUT2D eigenvalue weighted by Crippen LogP contribution is -2.12. The molecule has 0 saturated heterocycles. The summed E-state index contributed by atoms with van der Waals surface area (Å²) in [5.41, 5.74) is 0.212. The molecule has 4 heteroatoms. The molecule has 2 rings (SSSR count). The highest BCUT2D eigenvalue weighted by molar-refractivity contribution is 5.40. The fraction of sp³-hybridized carbons (Fsp3) is 0.133. The summed E-state index contributed by atoms with van der Waals surface area (Å²) in [5, 5.41) is 0. The summed E-state index contributed by atoms with van der Waals surface area (Å²) in [7, 11) is 0. The molecule has 19 heavy (non-hydrogen) atoms. The minimum absolute atomic E-state index is 0.121. The van der Waals surface area contributed by atoms with Crippen LogP contribution in [0.5, 0.6) is 0 Å². The summed E-state index contributed by atoms with van der Waals surface area (Å²) in [6.07, 6.45) is -0.491. The molecule has 98 valence electrons. The lowest BCUT2D eigenvalue weighted by Gasteiger charge is -2.18. The molecule has 0 amide bonds. The molecular formula is C15H12F3N. The summed E-state index contributed by atoms with van der Waals surface area (Å²) >= 11 is 0. The highest BCUT2D eigenvalue weighted by Crippen LogP contribution is 2.37. The average molecular weight is 263 g/mol. The molecule has 1 unspecified atom stereocenters. The third kappa shape index (κ3) is 2.84. The molecule has 0 N–H and O–H groups in total. The second-order valence-corrected chi connectivity index (χ2v) is 4.08. The zero-order valence-corrected chi connectivity index (χ0v) is 10.1. The number of halogens is 3.